The Morgan fingerprint density at radius 1 is 1.33 bits per heavy atom. The predicted molar refractivity (Wildman–Crippen MR) is 62.6 cm³/mol. The molecule has 1 aromatic heterocycles. The van der Waals surface area contributed by atoms with E-state index in [1.54, 1.807) is 0 Å². The van der Waals surface area contributed by atoms with Crippen LogP contribution in [-0.2, 0) is 12.8 Å². The molecule has 0 amide bonds. The molecule has 0 aliphatic carbocycles. The zero-order chi connectivity index (χ0) is 11.6. The Morgan fingerprint density at radius 2 is 1.93 bits per heavy atom. The zero-order valence-corrected chi connectivity index (χ0v) is 10.4. The van der Waals surface area contributed by atoms with Crippen LogP contribution in [-0.4, -0.2) is 5.16 Å². The van der Waals surface area contributed by atoms with Gasteiger partial charge in [0.15, 0.2) is 0 Å². The average Bonchev–Trinajstić information content (AvgIpc) is 2.32. The molecule has 0 saturated heterocycles. The number of nitrogens with zero attached hydrogens (tertiary/aromatic N) is 1. The highest BCUT2D eigenvalue weighted by Crippen LogP contribution is 2.27. The Kier molecular flexibility index (Phi) is 3.42. The summed E-state index contributed by atoms with van der Waals surface area (Å²) in [6.45, 7) is 10.9. The van der Waals surface area contributed by atoms with Crippen LogP contribution >= 0.6 is 0 Å². The van der Waals surface area contributed by atoms with Crippen LogP contribution in [0.25, 0.3) is 0 Å². The van der Waals surface area contributed by atoms with Crippen LogP contribution in [0.4, 0.5) is 5.88 Å². The Hall–Kier alpha value is -0.990. The van der Waals surface area contributed by atoms with Crippen molar-refractivity contribution in [1.82, 2.24) is 5.16 Å². The van der Waals surface area contributed by atoms with Crippen LogP contribution in [0.1, 0.15) is 45.9 Å². The summed E-state index contributed by atoms with van der Waals surface area (Å²) in [6, 6.07) is 0. The molecule has 0 aromatic carbocycles. The molecule has 0 saturated carbocycles. The standard InChI is InChI=1S/C12H22N2O/c1-8(2)6-9-10(7-12(3,4)5)14-15-11(9)13/h8H,6-7,13H2,1-5H3. The normalized spacial score (nSPS) is 12.4. The Morgan fingerprint density at radius 3 is 2.40 bits per heavy atom. The Balaban J connectivity index is 2.88. The molecule has 0 aliphatic rings. The summed E-state index contributed by atoms with van der Waals surface area (Å²) >= 11 is 0. The zero-order valence-electron chi connectivity index (χ0n) is 10.4. The van der Waals surface area contributed by atoms with Gasteiger partial charge in [0.1, 0.15) is 0 Å². The maximum absolute atomic E-state index is 5.78. The fourth-order valence-corrected chi connectivity index (χ4v) is 1.62. The second kappa shape index (κ2) is 4.25. The van der Waals surface area contributed by atoms with Gasteiger partial charge in [-0.15, -0.1) is 0 Å². The summed E-state index contributed by atoms with van der Waals surface area (Å²) in [5.74, 6) is 1.06. The SMILES string of the molecule is CC(C)Cc1c(CC(C)(C)C)noc1N. The highest BCUT2D eigenvalue weighted by Gasteiger charge is 2.20. The van der Waals surface area contributed by atoms with Gasteiger partial charge in [0.25, 0.3) is 0 Å². The molecule has 0 aliphatic heterocycles. The van der Waals surface area contributed by atoms with E-state index in [9.17, 15) is 0 Å². The summed E-state index contributed by atoms with van der Waals surface area (Å²) in [6.07, 6.45) is 1.86. The van der Waals surface area contributed by atoms with Crippen molar-refractivity contribution in [3.8, 4) is 0 Å². The van der Waals surface area contributed by atoms with Crippen molar-refractivity contribution in [2.24, 2.45) is 11.3 Å². The fraction of sp³-hybridized carbons (Fsp3) is 0.750. The number of nitrogen functional groups attached to an aromatic ring is 1. The van der Waals surface area contributed by atoms with Gasteiger partial charge in [0.2, 0.25) is 5.88 Å². The van der Waals surface area contributed by atoms with Crippen molar-refractivity contribution < 1.29 is 4.52 Å². The van der Waals surface area contributed by atoms with Crippen molar-refractivity contribution in [1.29, 1.82) is 0 Å². The van der Waals surface area contributed by atoms with Crippen LogP contribution in [0.15, 0.2) is 4.52 Å². The molecular formula is C12H22N2O. The lowest BCUT2D eigenvalue weighted by Gasteiger charge is -2.17. The second-order valence-corrected chi connectivity index (χ2v) is 5.81. The first-order valence-electron chi connectivity index (χ1n) is 5.52. The lowest BCUT2D eigenvalue weighted by Crippen LogP contribution is -2.12. The van der Waals surface area contributed by atoms with Gasteiger partial charge in [-0.05, 0) is 24.2 Å². The topological polar surface area (TPSA) is 52.0 Å². The monoisotopic (exact) mass is 210 g/mol. The molecule has 86 valence electrons. The number of rotatable bonds is 3. The highest BCUT2D eigenvalue weighted by atomic mass is 16.5. The first-order valence-corrected chi connectivity index (χ1v) is 5.52. The van der Waals surface area contributed by atoms with E-state index in [4.69, 9.17) is 10.3 Å². The third kappa shape index (κ3) is 3.57. The third-order valence-electron chi connectivity index (χ3n) is 2.21. The summed E-state index contributed by atoms with van der Waals surface area (Å²) in [5.41, 5.74) is 8.12. The molecule has 3 heteroatoms. The van der Waals surface area contributed by atoms with Gasteiger partial charge >= 0.3 is 0 Å². The molecule has 1 rings (SSSR count). The summed E-state index contributed by atoms with van der Waals surface area (Å²) in [7, 11) is 0. The van der Waals surface area contributed by atoms with Crippen molar-refractivity contribution in [2.75, 3.05) is 5.73 Å². The quantitative estimate of drug-likeness (QED) is 0.834. The van der Waals surface area contributed by atoms with Crippen molar-refractivity contribution >= 4 is 5.88 Å². The van der Waals surface area contributed by atoms with E-state index in [2.05, 4.69) is 39.8 Å². The lowest BCUT2D eigenvalue weighted by molar-refractivity contribution is 0.376. The molecule has 1 aromatic rings. The molecular weight excluding hydrogens is 188 g/mol. The van der Waals surface area contributed by atoms with Crippen LogP contribution in [0.5, 0.6) is 0 Å². The Labute approximate surface area is 92.0 Å². The van der Waals surface area contributed by atoms with Crippen LogP contribution in [0.2, 0.25) is 0 Å². The molecule has 0 unspecified atom stereocenters. The van der Waals surface area contributed by atoms with Gasteiger partial charge in [-0.2, -0.15) is 0 Å². The summed E-state index contributed by atoms with van der Waals surface area (Å²) in [4.78, 5) is 0. The van der Waals surface area contributed by atoms with Gasteiger partial charge in [0.05, 0.1) is 5.69 Å². The molecule has 0 spiro atoms. The van der Waals surface area contributed by atoms with Crippen LogP contribution < -0.4 is 5.73 Å². The van der Waals surface area contributed by atoms with Gasteiger partial charge in [-0.3, -0.25) is 0 Å². The smallest absolute Gasteiger partial charge is 0.225 e. The maximum Gasteiger partial charge on any atom is 0.225 e. The minimum absolute atomic E-state index is 0.217. The van der Waals surface area contributed by atoms with E-state index in [0.29, 0.717) is 11.8 Å². The molecule has 0 radical (unpaired) electrons. The van der Waals surface area contributed by atoms with Crippen molar-refractivity contribution in [2.45, 2.75) is 47.5 Å². The van der Waals surface area contributed by atoms with E-state index < -0.39 is 0 Å². The number of aromatic nitrogens is 1. The maximum atomic E-state index is 5.78. The highest BCUT2D eigenvalue weighted by molar-refractivity contribution is 5.39. The number of hydrogen-bond donors (Lipinski definition) is 1. The molecule has 15 heavy (non-hydrogen) atoms. The largest absolute Gasteiger partial charge is 0.367 e. The van der Waals surface area contributed by atoms with Crippen LogP contribution in [0, 0.1) is 11.3 Å². The van der Waals surface area contributed by atoms with E-state index in [1.807, 2.05) is 0 Å². The minimum atomic E-state index is 0.217. The van der Waals surface area contributed by atoms with Crippen molar-refractivity contribution in [3.63, 3.8) is 0 Å². The predicted octanol–water partition coefficient (Wildman–Crippen LogP) is 3.04. The summed E-state index contributed by atoms with van der Waals surface area (Å²) < 4.78 is 5.07. The Bertz CT molecular complexity index is 321. The van der Waals surface area contributed by atoms with E-state index >= 15 is 0 Å². The lowest BCUT2D eigenvalue weighted by atomic mass is 9.88. The number of hydrogen-bond acceptors (Lipinski definition) is 3. The van der Waals surface area contributed by atoms with E-state index in [1.165, 1.54) is 0 Å². The first-order chi connectivity index (χ1) is 6.79. The first kappa shape index (κ1) is 12.1. The molecule has 1 heterocycles. The second-order valence-electron chi connectivity index (χ2n) is 5.81. The van der Waals surface area contributed by atoms with Crippen LogP contribution in [0.3, 0.4) is 0 Å². The van der Waals surface area contributed by atoms with E-state index in [0.717, 1.165) is 24.1 Å². The van der Waals surface area contributed by atoms with Gasteiger partial charge in [-0.25, -0.2) is 0 Å². The van der Waals surface area contributed by atoms with Gasteiger partial charge in [-0.1, -0.05) is 39.8 Å². The van der Waals surface area contributed by atoms with Gasteiger partial charge in [0, 0.05) is 5.56 Å². The van der Waals surface area contributed by atoms with Crippen molar-refractivity contribution in [3.05, 3.63) is 11.3 Å². The van der Waals surface area contributed by atoms with Gasteiger partial charge < -0.3 is 10.3 Å². The third-order valence-corrected chi connectivity index (χ3v) is 2.21. The molecule has 3 nitrogen and oxygen atoms in total. The minimum Gasteiger partial charge on any atom is -0.367 e. The molecule has 2 N–H and O–H groups in total. The molecule has 0 atom stereocenters. The fourth-order valence-electron chi connectivity index (χ4n) is 1.62. The van der Waals surface area contributed by atoms with E-state index in [-0.39, 0.29) is 5.41 Å². The molecule has 0 bridgehead atoms. The number of anilines is 1. The molecule has 0 fully saturated rings. The average molecular weight is 210 g/mol. The summed E-state index contributed by atoms with van der Waals surface area (Å²) in [5, 5.41) is 4.05. The number of nitrogens with two attached hydrogens (primary N) is 1.